The van der Waals surface area contributed by atoms with Gasteiger partial charge in [-0.3, -0.25) is 0 Å². The molecule has 0 bridgehead atoms. The van der Waals surface area contributed by atoms with Gasteiger partial charge in [-0.25, -0.2) is 9.59 Å². The van der Waals surface area contributed by atoms with E-state index in [2.05, 4.69) is 17.9 Å². The molecule has 6 nitrogen and oxygen atoms in total. The number of esters is 1. The number of carboxylic acids is 1. The Bertz CT molecular complexity index is 313. The van der Waals surface area contributed by atoms with Gasteiger partial charge >= 0.3 is 11.9 Å². The van der Waals surface area contributed by atoms with Crippen molar-refractivity contribution in [3.8, 4) is 0 Å². The smallest absolute Gasteiger partial charge is 0.332 e. The number of aliphatic hydroxyl groups is 1. The molecule has 0 rings (SSSR count). The quantitative estimate of drug-likeness (QED) is 0.426. The first-order valence-electron chi connectivity index (χ1n) is 5.77. The summed E-state index contributed by atoms with van der Waals surface area (Å²) >= 11 is 0. The van der Waals surface area contributed by atoms with Crippen LogP contribution in [0.5, 0.6) is 0 Å². The molecular weight excluding hydrogens is 252 g/mol. The van der Waals surface area contributed by atoms with Gasteiger partial charge in [-0.2, -0.15) is 0 Å². The number of ether oxygens (including phenoxy) is 2. The highest BCUT2D eigenvalue weighted by atomic mass is 16.6. The van der Waals surface area contributed by atoms with Crippen LogP contribution >= 0.6 is 0 Å². The second kappa shape index (κ2) is 9.29. The Balaban J connectivity index is 4.22. The van der Waals surface area contributed by atoms with E-state index >= 15 is 0 Å². The molecule has 0 fully saturated rings. The Morgan fingerprint density at radius 2 is 1.74 bits per heavy atom. The van der Waals surface area contributed by atoms with Crippen LogP contribution in [-0.4, -0.2) is 48.6 Å². The van der Waals surface area contributed by atoms with Gasteiger partial charge in [0.15, 0.2) is 0 Å². The van der Waals surface area contributed by atoms with Crippen molar-refractivity contribution in [1.82, 2.24) is 0 Å². The first-order valence-corrected chi connectivity index (χ1v) is 5.77. The van der Waals surface area contributed by atoms with E-state index in [0.717, 1.165) is 0 Å². The summed E-state index contributed by atoms with van der Waals surface area (Å²) in [4.78, 5) is 21.5. The molecule has 0 heterocycles. The number of carbonyl (C=O) groups is 2. The average molecular weight is 272 g/mol. The van der Waals surface area contributed by atoms with Gasteiger partial charge in [0.2, 0.25) is 0 Å². The Kier molecular flexibility index (Phi) is 8.48. The normalized spacial score (nSPS) is 10.8. The topological polar surface area (TPSA) is 93.1 Å². The third-order valence-corrected chi connectivity index (χ3v) is 2.47. The molecule has 108 valence electrons. The Morgan fingerprint density at radius 3 is 2.16 bits per heavy atom. The number of aliphatic carboxylic acids is 1. The molecule has 2 N–H and O–H groups in total. The zero-order chi connectivity index (χ0) is 14.7. The van der Waals surface area contributed by atoms with Gasteiger partial charge in [0.25, 0.3) is 0 Å². The largest absolute Gasteiger partial charge is 0.480 e. The van der Waals surface area contributed by atoms with E-state index in [1.165, 1.54) is 0 Å². The fourth-order valence-electron chi connectivity index (χ4n) is 1.49. The number of aliphatic hydroxyl groups excluding tert-OH is 1. The van der Waals surface area contributed by atoms with Crippen LogP contribution < -0.4 is 0 Å². The maximum absolute atomic E-state index is 11.3. The fourth-order valence-corrected chi connectivity index (χ4v) is 1.49. The standard InChI is InChI=1S/C13H20O6/c1-3-5-13(9-14,6-4-2)10-19-12(17)8-18-7-11(15)16/h3-4,14H,1-2,5-10H2,(H,15,16). The highest BCUT2D eigenvalue weighted by Gasteiger charge is 2.28. The maximum Gasteiger partial charge on any atom is 0.332 e. The lowest BCUT2D eigenvalue weighted by molar-refractivity contribution is -0.156. The number of allylic oxidation sites excluding steroid dienone is 2. The van der Waals surface area contributed by atoms with E-state index in [-0.39, 0.29) is 13.2 Å². The van der Waals surface area contributed by atoms with E-state index in [4.69, 9.17) is 9.84 Å². The lowest BCUT2D eigenvalue weighted by atomic mass is 9.83. The van der Waals surface area contributed by atoms with Gasteiger partial charge in [-0.15, -0.1) is 13.2 Å². The SMILES string of the molecule is C=CCC(CO)(CC=C)COC(=O)COCC(=O)O. The predicted molar refractivity (Wildman–Crippen MR) is 68.6 cm³/mol. The minimum atomic E-state index is -1.16. The van der Waals surface area contributed by atoms with Crippen molar-refractivity contribution < 1.29 is 29.3 Å². The molecule has 0 aromatic heterocycles. The van der Waals surface area contributed by atoms with Crippen molar-refractivity contribution in [2.24, 2.45) is 5.41 Å². The molecule has 0 aliphatic carbocycles. The van der Waals surface area contributed by atoms with Crippen molar-refractivity contribution in [2.75, 3.05) is 26.4 Å². The molecule has 0 aromatic rings. The van der Waals surface area contributed by atoms with Crippen LogP contribution in [0.2, 0.25) is 0 Å². The Morgan fingerprint density at radius 1 is 1.16 bits per heavy atom. The van der Waals surface area contributed by atoms with Crippen LogP contribution in [0.15, 0.2) is 25.3 Å². The molecule has 0 spiro atoms. The third kappa shape index (κ3) is 7.38. The second-order valence-corrected chi connectivity index (χ2v) is 4.19. The van der Waals surface area contributed by atoms with Crippen molar-refractivity contribution in [1.29, 1.82) is 0 Å². The summed E-state index contributed by atoms with van der Waals surface area (Å²) in [6, 6.07) is 0. The number of rotatable bonds is 11. The summed E-state index contributed by atoms with van der Waals surface area (Å²) in [6.07, 6.45) is 4.21. The Hall–Kier alpha value is -1.66. The molecule has 6 heteroatoms. The molecule has 19 heavy (non-hydrogen) atoms. The average Bonchev–Trinajstić information content (AvgIpc) is 2.36. The van der Waals surface area contributed by atoms with Gasteiger partial charge < -0.3 is 19.7 Å². The van der Waals surface area contributed by atoms with Gasteiger partial charge in [0, 0.05) is 5.41 Å². The summed E-state index contributed by atoms with van der Waals surface area (Å²) in [6.45, 7) is 6.03. The van der Waals surface area contributed by atoms with Crippen molar-refractivity contribution in [2.45, 2.75) is 12.8 Å². The van der Waals surface area contributed by atoms with E-state index < -0.39 is 30.6 Å². The van der Waals surface area contributed by atoms with E-state index in [1.807, 2.05) is 0 Å². The molecule has 0 amide bonds. The number of carbonyl (C=O) groups excluding carboxylic acids is 1. The van der Waals surface area contributed by atoms with E-state index in [1.54, 1.807) is 12.2 Å². The number of hydrogen-bond donors (Lipinski definition) is 2. The van der Waals surface area contributed by atoms with Crippen LogP contribution in [0.1, 0.15) is 12.8 Å². The highest BCUT2D eigenvalue weighted by Crippen LogP contribution is 2.27. The van der Waals surface area contributed by atoms with Crippen LogP contribution in [0.25, 0.3) is 0 Å². The fraction of sp³-hybridized carbons (Fsp3) is 0.538. The zero-order valence-electron chi connectivity index (χ0n) is 10.8. The Labute approximate surface area is 112 Å². The summed E-state index contributed by atoms with van der Waals surface area (Å²) in [5.74, 6) is -1.83. The lowest BCUT2D eigenvalue weighted by Crippen LogP contribution is -2.32. The van der Waals surface area contributed by atoms with Crippen LogP contribution in [0.4, 0.5) is 0 Å². The molecule has 0 saturated heterocycles. The van der Waals surface area contributed by atoms with Gasteiger partial charge in [0.1, 0.15) is 13.2 Å². The van der Waals surface area contributed by atoms with Crippen LogP contribution in [0.3, 0.4) is 0 Å². The minimum Gasteiger partial charge on any atom is -0.480 e. The van der Waals surface area contributed by atoms with Gasteiger partial charge in [0.05, 0.1) is 13.2 Å². The molecule has 0 aromatic carbocycles. The number of carboxylic acid groups (broad SMARTS) is 1. The number of hydrogen-bond acceptors (Lipinski definition) is 5. The molecule has 0 atom stereocenters. The molecule has 0 saturated carbocycles. The summed E-state index contributed by atoms with van der Waals surface area (Å²) in [5, 5.41) is 17.7. The third-order valence-electron chi connectivity index (χ3n) is 2.47. The molecule has 0 radical (unpaired) electrons. The predicted octanol–water partition coefficient (Wildman–Crippen LogP) is 0.762. The van der Waals surface area contributed by atoms with E-state index in [9.17, 15) is 14.7 Å². The van der Waals surface area contributed by atoms with Crippen LogP contribution in [0, 0.1) is 5.41 Å². The summed E-state index contributed by atoms with van der Waals surface area (Å²) in [5.41, 5.74) is -0.633. The van der Waals surface area contributed by atoms with E-state index in [0.29, 0.717) is 12.8 Å². The van der Waals surface area contributed by atoms with Crippen LogP contribution in [-0.2, 0) is 19.1 Å². The maximum atomic E-state index is 11.3. The lowest BCUT2D eigenvalue weighted by Gasteiger charge is -2.28. The molecular formula is C13H20O6. The van der Waals surface area contributed by atoms with Crippen molar-refractivity contribution in [3.05, 3.63) is 25.3 Å². The first-order chi connectivity index (χ1) is 8.99. The van der Waals surface area contributed by atoms with Crippen molar-refractivity contribution >= 4 is 11.9 Å². The zero-order valence-corrected chi connectivity index (χ0v) is 10.8. The minimum absolute atomic E-state index is 0.00317. The summed E-state index contributed by atoms with van der Waals surface area (Å²) < 4.78 is 9.57. The molecule has 0 aliphatic heterocycles. The summed E-state index contributed by atoms with van der Waals surface area (Å²) in [7, 11) is 0. The second-order valence-electron chi connectivity index (χ2n) is 4.19. The van der Waals surface area contributed by atoms with Gasteiger partial charge in [-0.05, 0) is 12.8 Å². The monoisotopic (exact) mass is 272 g/mol. The first kappa shape index (κ1) is 17.3. The highest BCUT2D eigenvalue weighted by molar-refractivity contribution is 5.72. The van der Waals surface area contributed by atoms with Crippen molar-refractivity contribution in [3.63, 3.8) is 0 Å². The molecule has 0 unspecified atom stereocenters. The molecule has 0 aliphatic rings. The van der Waals surface area contributed by atoms with Gasteiger partial charge in [-0.1, -0.05) is 12.2 Å².